The van der Waals surface area contributed by atoms with Crippen molar-refractivity contribution in [2.75, 3.05) is 6.61 Å². The summed E-state index contributed by atoms with van der Waals surface area (Å²) in [4.78, 5) is 0. The molecule has 2 nitrogen and oxygen atoms in total. The third kappa shape index (κ3) is 2.89. The predicted octanol–water partition coefficient (Wildman–Crippen LogP) is 2.41. The van der Waals surface area contributed by atoms with Crippen LogP contribution in [0.5, 0.6) is 0 Å². The van der Waals surface area contributed by atoms with Crippen molar-refractivity contribution in [2.45, 2.75) is 59.1 Å². The maximum Gasteiger partial charge on any atom is 0.109 e. The van der Waals surface area contributed by atoms with Gasteiger partial charge in [0, 0.05) is 6.00 Å². The van der Waals surface area contributed by atoms with Gasteiger partial charge < -0.3 is 9.84 Å². The first-order chi connectivity index (χ1) is 7.42. The summed E-state index contributed by atoms with van der Waals surface area (Å²) in [5.41, 5.74) is 2.25. The summed E-state index contributed by atoms with van der Waals surface area (Å²) < 4.78 is 5.84. The molecule has 0 saturated carbocycles. The van der Waals surface area contributed by atoms with Crippen molar-refractivity contribution in [1.82, 2.24) is 0 Å². The lowest BCUT2D eigenvalue weighted by Crippen LogP contribution is -2.41. The summed E-state index contributed by atoms with van der Waals surface area (Å²) in [5.74, 6) is 0. The van der Waals surface area contributed by atoms with E-state index in [0.29, 0.717) is 0 Å². The Bertz CT molecular complexity index is 271. The second-order valence-corrected chi connectivity index (χ2v) is 5.46. The Hall–Kier alpha value is -0.275. The van der Waals surface area contributed by atoms with Gasteiger partial charge in [0.25, 0.3) is 0 Å². The van der Waals surface area contributed by atoms with Gasteiger partial charge in [0.05, 0.1) is 12.7 Å². The first-order valence-electron chi connectivity index (χ1n) is 6.12. The van der Waals surface area contributed by atoms with Crippen LogP contribution in [0.4, 0.5) is 0 Å². The Labute approximate surface area is 100 Å². The van der Waals surface area contributed by atoms with Crippen LogP contribution in [0.15, 0.2) is 11.1 Å². The minimum Gasteiger partial charge on any atom is -0.392 e. The zero-order valence-corrected chi connectivity index (χ0v) is 10.9. The molecule has 1 aliphatic rings. The van der Waals surface area contributed by atoms with E-state index in [-0.39, 0.29) is 24.1 Å². The minimum atomic E-state index is -0.226. The predicted molar refractivity (Wildman–Crippen MR) is 67.5 cm³/mol. The molecule has 0 aromatic rings. The van der Waals surface area contributed by atoms with Crippen LogP contribution in [0.2, 0.25) is 0 Å². The molecule has 0 aliphatic carbocycles. The van der Waals surface area contributed by atoms with Gasteiger partial charge in [-0.1, -0.05) is 32.8 Å². The summed E-state index contributed by atoms with van der Waals surface area (Å²) in [7, 11) is 5.89. The molecule has 0 amide bonds. The van der Waals surface area contributed by atoms with Gasteiger partial charge >= 0.3 is 0 Å². The fraction of sp³-hybridized carbons (Fsp3) is 0.846. The second kappa shape index (κ2) is 5.37. The van der Waals surface area contributed by atoms with E-state index in [0.717, 1.165) is 24.8 Å². The Morgan fingerprint density at radius 1 is 1.50 bits per heavy atom. The highest BCUT2D eigenvalue weighted by atomic mass is 16.5. The highest BCUT2D eigenvalue weighted by Gasteiger charge is 2.36. The zero-order valence-electron chi connectivity index (χ0n) is 10.9. The van der Waals surface area contributed by atoms with E-state index in [1.807, 2.05) is 6.92 Å². The van der Waals surface area contributed by atoms with E-state index in [1.165, 1.54) is 5.57 Å². The molecule has 0 spiro atoms. The molecule has 0 aromatic carbocycles. The van der Waals surface area contributed by atoms with Gasteiger partial charge in [-0.2, -0.15) is 0 Å². The highest BCUT2D eigenvalue weighted by molar-refractivity contribution is 6.11. The van der Waals surface area contributed by atoms with Gasteiger partial charge in [-0.3, -0.25) is 0 Å². The smallest absolute Gasteiger partial charge is 0.109 e. The zero-order chi connectivity index (χ0) is 12.3. The van der Waals surface area contributed by atoms with Crippen LogP contribution >= 0.6 is 0 Å². The molecule has 3 heteroatoms. The normalized spacial score (nSPS) is 27.3. The van der Waals surface area contributed by atoms with Crippen LogP contribution in [0.25, 0.3) is 0 Å². The van der Waals surface area contributed by atoms with Crippen molar-refractivity contribution in [3.8, 4) is 0 Å². The lowest BCUT2D eigenvalue weighted by atomic mass is 9.74. The van der Waals surface area contributed by atoms with Gasteiger partial charge in [-0.05, 0) is 30.8 Å². The number of hydrogen-bond donors (Lipinski definition) is 1. The van der Waals surface area contributed by atoms with Crippen molar-refractivity contribution in [2.24, 2.45) is 5.41 Å². The van der Waals surface area contributed by atoms with Crippen molar-refractivity contribution in [3.63, 3.8) is 0 Å². The molecule has 16 heavy (non-hydrogen) atoms. The topological polar surface area (TPSA) is 29.5 Å². The minimum absolute atomic E-state index is 0.0338. The fourth-order valence-corrected chi connectivity index (χ4v) is 2.61. The Balaban J connectivity index is 2.96. The van der Waals surface area contributed by atoms with E-state index < -0.39 is 0 Å². The second-order valence-electron chi connectivity index (χ2n) is 5.46. The average molecular weight is 222 g/mol. The molecule has 0 aromatic heterocycles. The van der Waals surface area contributed by atoms with E-state index in [2.05, 4.69) is 20.8 Å². The van der Waals surface area contributed by atoms with Crippen LogP contribution in [-0.4, -0.2) is 31.7 Å². The van der Waals surface area contributed by atoms with Gasteiger partial charge in [-0.15, -0.1) is 0 Å². The van der Waals surface area contributed by atoms with Crippen LogP contribution < -0.4 is 0 Å². The summed E-state index contributed by atoms with van der Waals surface area (Å²) in [6.45, 7) is 8.66. The standard InChI is InChI=1S/C13H23BO2/c1-5-6-13(3,4)12-10(8-15)9(2)7-11(14)16-12/h11-12,15H,5-8H2,1-4H3/t11-,12+/m1/s1. The molecule has 90 valence electrons. The molecule has 1 N–H and O–H groups in total. The quantitative estimate of drug-likeness (QED) is 0.584. The Morgan fingerprint density at radius 2 is 2.12 bits per heavy atom. The summed E-state index contributed by atoms with van der Waals surface area (Å²) in [5, 5.41) is 9.47. The lowest BCUT2D eigenvalue weighted by molar-refractivity contribution is -0.0373. The maximum atomic E-state index is 9.47. The van der Waals surface area contributed by atoms with E-state index >= 15 is 0 Å². The molecule has 0 unspecified atom stereocenters. The number of aliphatic hydroxyl groups excluding tert-OH is 1. The molecule has 0 bridgehead atoms. The summed E-state index contributed by atoms with van der Waals surface area (Å²) >= 11 is 0. The van der Waals surface area contributed by atoms with Crippen molar-refractivity contribution in [3.05, 3.63) is 11.1 Å². The van der Waals surface area contributed by atoms with Crippen LogP contribution in [0, 0.1) is 5.41 Å². The van der Waals surface area contributed by atoms with Crippen LogP contribution in [0.1, 0.15) is 47.0 Å². The third-order valence-electron chi connectivity index (χ3n) is 3.46. The highest BCUT2D eigenvalue weighted by Crippen LogP contribution is 2.38. The number of ether oxygens (including phenoxy) is 1. The molecule has 1 aliphatic heterocycles. The van der Waals surface area contributed by atoms with Gasteiger partial charge in [0.15, 0.2) is 0 Å². The van der Waals surface area contributed by atoms with Gasteiger partial charge in [0.1, 0.15) is 7.85 Å². The molecule has 1 rings (SSSR count). The number of aliphatic hydroxyl groups is 1. The maximum absolute atomic E-state index is 9.47. The molecular weight excluding hydrogens is 199 g/mol. The van der Waals surface area contributed by atoms with Crippen molar-refractivity contribution < 1.29 is 9.84 Å². The van der Waals surface area contributed by atoms with Crippen LogP contribution in [-0.2, 0) is 4.74 Å². The molecule has 0 saturated heterocycles. The average Bonchev–Trinajstić information content (AvgIpc) is 2.16. The Morgan fingerprint density at radius 3 is 2.62 bits per heavy atom. The first-order valence-corrected chi connectivity index (χ1v) is 6.12. The van der Waals surface area contributed by atoms with Crippen molar-refractivity contribution >= 4 is 7.85 Å². The molecule has 2 radical (unpaired) electrons. The SMILES string of the molecule is [B][C@H]1CC(C)=C(CO)[C@@H](C(C)(C)CCC)O1. The molecular formula is C13H23BO2. The van der Waals surface area contributed by atoms with Gasteiger partial charge in [-0.25, -0.2) is 0 Å². The van der Waals surface area contributed by atoms with Crippen LogP contribution in [0.3, 0.4) is 0 Å². The fourth-order valence-electron chi connectivity index (χ4n) is 2.61. The molecule has 1 heterocycles. The molecule has 0 fully saturated rings. The largest absolute Gasteiger partial charge is 0.392 e. The van der Waals surface area contributed by atoms with Crippen molar-refractivity contribution in [1.29, 1.82) is 0 Å². The monoisotopic (exact) mass is 222 g/mol. The number of rotatable bonds is 4. The van der Waals surface area contributed by atoms with E-state index in [9.17, 15) is 5.11 Å². The van der Waals surface area contributed by atoms with E-state index in [1.54, 1.807) is 0 Å². The van der Waals surface area contributed by atoms with E-state index in [4.69, 9.17) is 12.6 Å². The lowest BCUT2D eigenvalue weighted by Gasteiger charge is -2.41. The Kier molecular flexibility index (Phi) is 4.63. The summed E-state index contributed by atoms with van der Waals surface area (Å²) in [6.07, 6.45) is 2.87. The third-order valence-corrected chi connectivity index (χ3v) is 3.46. The molecule has 2 atom stereocenters. The number of hydrogen-bond acceptors (Lipinski definition) is 2. The summed E-state index contributed by atoms with van der Waals surface area (Å²) in [6, 6.07) is -0.226. The first kappa shape index (κ1) is 13.8. The van der Waals surface area contributed by atoms with Gasteiger partial charge in [0.2, 0.25) is 0 Å².